The zero-order valence-corrected chi connectivity index (χ0v) is 14.7. The van der Waals surface area contributed by atoms with Crippen LogP contribution in [0.2, 0.25) is 0 Å². The molecule has 22 heavy (non-hydrogen) atoms. The second-order valence-electron chi connectivity index (χ2n) is 4.33. The van der Waals surface area contributed by atoms with Gasteiger partial charge < -0.3 is 9.47 Å². The molecule has 2 rings (SSSR count). The van der Waals surface area contributed by atoms with Crippen molar-refractivity contribution in [1.82, 2.24) is 9.78 Å². The molecular weight excluding hydrogens is 374 g/mol. The fourth-order valence-electron chi connectivity index (χ4n) is 1.84. The Kier molecular flexibility index (Phi) is 4.97. The quantitative estimate of drug-likeness (QED) is 0.820. The molecule has 1 aromatic heterocycles. The molecule has 0 atom stereocenters. The van der Waals surface area contributed by atoms with Crippen LogP contribution in [-0.2, 0) is 16.6 Å². The van der Waals surface area contributed by atoms with Crippen LogP contribution >= 0.6 is 15.9 Å². The number of methoxy groups -OCH3 is 2. The van der Waals surface area contributed by atoms with Gasteiger partial charge in [-0.15, -0.1) is 0 Å². The maximum Gasteiger partial charge on any atom is 0.263 e. The van der Waals surface area contributed by atoms with Gasteiger partial charge in [-0.3, -0.25) is 9.40 Å². The first-order valence-electron chi connectivity index (χ1n) is 6.38. The molecule has 1 aromatic carbocycles. The van der Waals surface area contributed by atoms with E-state index in [1.807, 2.05) is 6.92 Å². The number of nitrogens with one attached hydrogen (secondary N) is 1. The fourth-order valence-corrected chi connectivity index (χ4v) is 3.91. The highest BCUT2D eigenvalue weighted by atomic mass is 79.9. The lowest BCUT2D eigenvalue weighted by molar-refractivity contribution is 0.353. The molecule has 1 heterocycles. The van der Waals surface area contributed by atoms with Crippen molar-refractivity contribution >= 4 is 31.6 Å². The van der Waals surface area contributed by atoms with E-state index in [9.17, 15) is 8.42 Å². The first-order chi connectivity index (χ1) is 10.4. The minimum atomic E-state index is -3.78. The van der Waals surface area contributed by atoms with Crippen LogP contribution in [0.25, 0.3) is 0 Å². The second-order valence-corrected chi connectivity index (χ2v) is 6.83. The van der Waals surface area contributed by atoms with Crippen LogP contribution in [0.4, 0.5) is 5.69 Å². The summed E-state index contributed by atoms with van der Waals surface area (Å²) in [6.45, 7) is 2.57. The number of aromatic nitrogens is 2. The monoisotopic (exact) mass is 389 g/mol. The van der Waals surface area contributed by atoms with E-state index in [1.165, 1.54) is 26.5 Å². The molecule has 1 N–H and O–H groups in total. The van der Waals surface area contributed by atoms with Crippen LogP contribution < -0.4 is 14.2 Å². The molecular formula is C13H16BrN3O4S. The molecule has 0 bridgehead atoms. The molecule has 0 unspecified atom stereocenters. The van der Waals surface area contributed by atoms with Crippen LogP contribution in [0.15, 0.2) is 33.9 Å². The Morgan fingerprint density at radius 3 is 2.45 bits per heavy atom. The maximum absolute atomic E-state index is 12.5. The average Bonchev–Trinajstić information content (AvgIpc) is 2.93. The SMILES string of the molecule is CCn1cc(NS(=O)(=O)c2cc(OC)c(OC)cc2Br)cn1. The van der Waals surface area contributed by atoms with Gasteiger partial charge in [0.05, 0.1) is 26.1 Å². The normalized spacial score (nSPS) is 11.3. The van der Waals surface area contributed by atoms with Crippen LogP contribution in [-0.4, -0.2) is 32.4 Å². The summed E-state index contributed by atoms with van der Waals surface area (Å²) in [7, 11) is -0.855. The smallest absolute Gasteiger partial charge is 0.263 e. The Bertz CT molecular complexity index is 774. The Morgan fingerprint density at radius 2 is 1.91 bits per heavy atom. The van der Waals surface area contributed by atoms with Crippen molar-refractivity contribution in [3.05, 3.63) is 29.0 Å². The van der Waals surface area contributed by atoms with Crippen LogP contribution in [0.3, 0.4) is 0 Å². The number of sulfonamides is 1. The maximum atomic E-state index is 12.5. The summed E-state index contributed by atoms with van der Waals surface area (Å²) in [5.74, 6) is 0.766. The highest BCUT2D eigenvalue weighted by Gasteiger charge is 2.22. The molecule has 0 amide bonds. The molecule has 9 heteroatoms. The lowest BCUT2D eigenvalue weighted by Gasteiger charge is -2.12. The van der Waals surface area contributed by atoms with Gasteiger partial charge in [-0.2, -0.15) is 5.10 Å². The third-order valence-electron chi connectivity index (χ3n) is 2.94. The molecule has 2 aromatic rings. The van der Waals surface area contributed by atoms with E-state index in [1.54, 1.807) is 16.9 Å². The summed E-state index contributed by atoms with van der Waals surface area (Å²) in [5, 5.41) is 4.03. The van der Waals surface area contributed by atoms with Crippen molar-refractivity contribution in [3.63, 3.8) is 0 Å². The summed E-state index contributed by atoms with van der Waals surface area (Å²) < 4.78 is 39.8. The zero-order valence-electron chi connectivity index (χ0n) is 12.3. The average molecular weight is 390 g/mol. The molecule has 0 aliphatic rings. The van der Waals surface area contributed by atoms with E-state index in [4.69, 9.17) is 9.47 Å². The number of hydrogen-bond acceptors (Lipinski definition) is 5. The number of hydrogen-bond donors (Lipinski definition) is 1. The van der Waals surface area contributed by atoms with Gasteiger partial charge in [0.2, 0.25) is 0 Å². The molecule has 0 aliphatic carbocycles. The van der Waals surface area contributed by atoms with Crippen molar-refractivity contribution in [3.8, 4) is 11.5 Å². The molecule has 120 valence electrons. The zero-order chi connectivity index (χ0) is 16.3. The predicted molar refractivity (Wildman–Crippen MR) is 86.0 cm³/mol. The van der Waals surface area contributed by atoms with Crippen molar-refractivity contribution in [2.45, 2.75) is 18.4 Å². The third-order valence-corrected chi connectivity index (χ3v) is 5.28. The summed E-state index contributed by atoms with van der Waals surface area (Å²) in [6, 6.07) is 2.94. The molecule has 0 spiro atoms. The number of benzene rings is 1. The number of halogens is 1. The van der Waals surface area contributed by atoms with E-state index >= 15 is 0 Å². The molecule has 0 saturated heterocycles. The Hall–Kier alpha value is -1.74. The summed E-state index contributed by atoms with van der Waals surface area (Å²) in [5.41, 5.74) is 0.392. The van der Waals surface area contributed by atoms with Crippen LogP contribution in [0, 0.1) is 0 Å². The van der Waals surface area contributed by atoms with Gasteiger partial charge in [0.1, 0.15) is 4.90 Å². The Morgan fingerprint density at radius 1 is 1.27 bits per heavy atom. The summed E-state index contributed by atoms with van der Waals surface area (Å²) >= 11 is 3.24. The van der Waals surface area contributed by atoms with Crippen molar-refractivity contribution < 1.29 is 17.9 Å². The van der Waals surface area contributed by atoms with E-state index in [-0.39, 0.29) is 4.90 Å². The standard InChI is InChI=1S/C13H16BrN3O4S/c1-4-17-8-9(7-15-17)16-22(18,19)13-6-12(21-3)11(20-2)5-10(13)14/h5-8,16H,4H2,1-3H3. The van der Waals surface area contributed by atoms with Gasteiger partial charge in [0.15, 0.2) is 11.5 Å². The minimum absolute atomic E-state index is 0.0504. The Balaban J connectivity index is 2.40. The van der Waals surface area contributed by atoms with E-state index in [0.29, 0.717) is 28.2 Å². The third kappa shape index (κ3) is 3.36. The number of nitrogens with zero attached hydrogens (tertiary/aromatic N) is 2. The minimum Gasteiger partial charge on any atom is -0.493 e. The van der Waals surface area contributed by atoms with Crippen molar-refractivity contribution in [2.75, 3.05) is 18.9 Å². The van der Waals surface area contributed by atoms with Gasteiger partial charge in [-0.25, -0.2) is 8.42 Å². The van der Waals surface area contributed by atoms with E-state index in [2.05, 4.69) is 25.8 Å². The van der Waals surface area contributed by atoms with Gasteiger partial charge in [-0.1, -0.05) is 0 Å². The van der Waals surface area contributed by atoms with Gasteiger partial charge in [0, 0.05) is 23.3 Å². The van der Waals surface area contributed by atoms with Crippen molar-refractivity contribution in [2.24, 2.45) is 0 Å². The molecule has 7 nitrogen and oxygen atoms in total. The van der Waals surface area contributed by atoms with Crippen LogP contribution in [0.1, 0.15) is 6.92 Å². The fraction of sp³-hybridized carbons (Fsp3) is 0.308. The van der Waals surface area contributed by atoms with Gasteiger partial charge in [-0.05, 0) is 28.9 Å². The molecule has 0 aliphatic heterocycles. The summed E-state index contributed by atoms with van der Waals surface area (Å²) in [6.07, 6.45) is 3.07. The van der Waals surface area contributed by atoms with Crippen LogP contribution in [0.5, 0.6) is 11.5 Å². The predicted octanol–water partition coefficient (Wildman–Crippen LogP) is 2.48. The lowest BCUT2D eigenvalue weighted by atomic mass is 10.3. The number of ether oxygens (including phenoxy) is 2. The van der Waals surface area contributed by atoms with E-state index < -0.39 is 10.0 Å². The van der Waals surface area contributed by atoms with Gasteiger partial charge >= 0.3 is 0 Å². The highest BCUT2D eigenvalue weighted by Crippen LogP contribution is 2.36. The topological polar surface area (TPSA) is 82.5 Å². The summed E-state index contributed by atoms with van der Waals surface area (Å²) in [4.78, 5) is 0.0504. The van der Waals surface area contributed by atoms with Gasteiger partial charge in [0.25, 0.3) is 10.0 Å². The molecule has 0 saturated carbocycles. The number of rotatable bonds is 6. The first-order valence-corrected chi connectivity index (χ1v) is 8.65. The Labute approximate surface area is 137 Å². The first kappa shape index (κ1) is 16.6. The molecule has 0 fully saturated rings. The lowest BCUT2D eigenvalue weighted by Crippen LogP contribution is -2.13. The largest absolute Gasteiger partial charge is 0.493 e. The number of aryl methyl sites for hydroxylation is 1. The highest BCUT2D eigenvalue weighted by molar-refractivity contribution is 9.10. The molecule has 0 radical (unpaired) electrons. The van der Waals surface area contributed by atoms with E-state index in [0.717, 1.165) is 0 Å². The number of anilines is 1. The van der Waals surface area contributed by atoms with Crippen molar-refractivity contribution in [1.29, 1.82) is 0 Å². The second kappa shape index (κ2) is 6.57.